The number of hydrogen-bond donors (Lipinski definition) is 0. The lowest BCUT2D eigenvalue weighted by Gasteiger charge is -2.37. The minimum Gasteiger partial charge on any atom is -0.431 e. The fourth-order valence-corrected chi connectivity index (χ4v) is 5.12. The van der Waals surface area contributed by atoms with Crippen molar-refractivity contribution < 1.29 is 9.53 Å². The van der Waals surface area contributed by atoms with Crippen LogP contribution in [0.2, 0.25) is 0 Å². The van der Waals surface area contributed by atoms with Crippen molar-refractivity contribution in [2.75, 3.05) is 19.6 Å². The fourth-order valence-electron chi connectivity index (χ4n) is 3.60. The molecule has 7 heteroatoms. The van der Waals surface area contributed by atoms with Gasteiger partial charge in [0.1, 0.15) is 5.75 Å². The van der Waals surface area contributed by atoms with Gasteiger partial charge < -0.3 is 14.5 Å². The number of aromatic nitrogens is 1. The average Bonchev–Trinajstić information content (AvgIpc) is 3.45. The Hall–Kier alpha value is -3.16. The number of ether oxygens (including phenoxy) is 1. The standard InChI is InChI=1S/C24H21N3O2S2/c1-17-15-27(23(28)22-7-4-14-30-22)13-12-26(17)16-18-8-10-19(11-9-18)29-24-25-20-5-2-3-6-21(20)31-24/h2-11,14H,1,12-13,15-16H2. The zero-order valence-electron chi connectivity index (χ0n) is 16.9. The number of benzene rings is 2. The first-order valence-corrected chi connectivity index (χ1v) is 11.7. The minimum absolute atomic E-state index is 0.0900. The summed E-state index contributed by atoms with van der Waals surface area (Å²) in [5, 5.41) is 2.58. The van der Waals surface area contributed by atoms with Crippen LogP contribution in [0, 0.1) is 0 Å². The second kappa shape index (κ2) is 8.53. The number of thiophene rings is 1. The molecule has 1 aliphatic rings. The SMILES string of the molecule is C=C1CN(C(=O)c2cccs2)CCN1Cc1ccc(Oc2nc3ccccc3s2)cc1. The van der Waals surface area contributed by atoms with Gasteiger partial charge in [0, 0.05) is 25.3 Å². The maximum Gasteiger partial charge on any atom is 0.279 e. The number of carbonyl (C=O) groups is 1. The highest BCUT2D eigenvalue weighted by atomic mass is 32.1. The molecule has 0 radical (unpaired) electrons. The first kappa shape index (κ1) is 19.8. The van der Waals surface area contributed by atoms with Crippen molar-refractivity contribution in [2.24, 2.45) is 0 Å². The summed E-state index contributed by atoms with van der Waals surface area (Å²) in [6.07, 6.45) is 0. The molecule has 2 aromatic heterocycles. The van der Waals surface area contributed by atoms with Gasteiger partial charge in [0.25, 0.3) is 11.1 Å². The number of carbonyl (C=O) groups excluding carboxylic acids is 1. The van der Waals surface area contributed by atoms with Crippen LogP contribution in [-0.2, 0) is 6.54 Å². The van der Waals surface area contributed by atoms with Crippen molar-refractivity contribution in [3.63, 3.8) is 0 Å². The molecule has 0 spiro atoms. The van der Waals surface area contributed by atoms with Crippen LogP contribution < -0.4 is 4.74 Å². The Morgan fingerprint density at radius 2 is 1.90 bits per heavy atom. The highest BCUT2D eigenvalue weighted by Gasteiger charge is 2.24. The molecule has 0 aliphatic carbocycles. The van der Waals surface area contributed by atoms with Gasteiger partial charge in [0.05, 0.1) is 21.6 Å². The molecule has 0 saturated carbocycles. The van der Waals surface area contributed by atoms with Crippen LogP contribution in [-0.4, -0.2) is 40.3 Å². The van der Waals surface area contributed by atoms with E-state index >= 15 is 0 Å². The third kappa shape index (κ3) is 4.33. The van der Waals surface area contributed by atoms with E-state index in [2.05, 4.69) is 28.6 Å². The van der Waals surface area contributed by atoms with Crippen LogP contribution in [0.1, 0.15) is 15.2 Å². The number of thiazole rings is 1. The molecule has 156 valence electrons. The minimum atomic E-state index is 0.0900. The van der Waals surface area contributed by atoms with E-state index in [1.807, 2.05) is 58.8 Å². The molecule has 2 aromatic carbocycles. The maximum absolute atomic E-state index is 12.6. The van der Waals surface area contributed by atoms with E-state index in [0.29, 0.717) is 18.3 Å². The van der Waals surface area contributed by atoms with Crippen LogP contribution in [0.3, 0.4) is 0 Å². The normalized spacial score (nSPS) is 14.3. The van der Waals surface area contributed by atoms with E-state index < -0.39 is 0 Å². The third-order valence-electron chi connectivity index (χ3n) is 5.26. The van der Waals surface area contributed by atoms with Gasteiger partial charge in [0.15, 0.2) is 0 Å². The summed E-state index contributed by atoms with van der Waals surface area (Å²) < 4.78 is 7.05. The Morgan fingerprint density at radius 1 is 1.06 bits per heavy atom. The molecule has 1 saturated heterocycles. The highest BCUT2D eigenvalue weighted by Crippen LogP contribution is 2.31. The van der Waals surface area contributed by atoms with E-state index in [1.54, 1.807) is 11.3 Å². The second-order valence-electron chi connectivity index (χ2n) is 7.39. The maximum atomic E-state index is 12.6. The molecule has 5 nitrogen and oxygen atoms in total. The second-order valence-corrected chi connectivity index (χ2v) is 9.33. The third-order valence-corrected chi connectivity index (χ3v) is 7.03. The summed E-state index contributed by atoms with van der Waals surface area (Å²) in [5.74, 6) is 0.861. The zero-order valence-corrected chi connectivity index (χ0v) is 18.5. The lowest BCUT2D eigenvalue weighted by molar-refractivity contribution is 0.0700. The summed E-state index contributed by atoms with van der Waals surface area (Å²) in [7, 11) is 0. The van der Waals surface area contributed by atoms with Gasteiger partial charge in [-0.25, -0.2) is 4.98 Å². The molecule has 0 unspecified atom stereocenters. The lowest BCUT2D eigenvalue weighted by atomic mass is 10.1. The molecular formula is C24H21N3O2S2. The van der Waals surface area contributed by atoms with E-state index in [-0.39, 0.29) is 5.91 Å². The number of piperazine rings is 1. The molecule has 1 aliphatic heterocycles. The van der Waals surface area contributed by atoms with Crippen LogP contribution in [0.15, 0.2) is 78.3 Å². The van der Waals surface area contributed by atoms with E-state index in [0.717, 1.165) is 39.6 Å². The van der Waals surface area contributed by atoms with Crippen molar-refractivity contribution in [1.29, 1.82) is 0 Å². The number of hydrogen-bond acceptors (Lipinski definition) is 6. The number of fused-ring (bicyclic) bond motifs is 1. The molecule has 1 amide bonds. The van der Waals surface area contributed by atoms with Crippen LogP contribution in [0.25, 0.3) is 10.2 Å². The average molecular weight is 448 g/mol. The molecular weight excluding hydrogens is 426 g/mol. The van der Waals surface area contributed by atoms with Gasteiger partial charge in [-0.2, -0.15) is 0 Å². The number of nitrogens with zero attached hydrogens (tertiary/aromatic N) is 3. The van der Waals surface area contributed by atoms with Crippen molar-refractivity contribution in [2.45, 2.75) is 6.54 Å². The van der Waals surface area contributed by atoms with Gasteiger partial charge in [-0.15, -0.1) is 11.3 Å². The van der Waals surface area contributed by atoms with E-state index in [4.69, 9.17) is 4.74 Å². The van der Waals surface area contributed by atoms with Crippen molar-refractivity contribution in [3.8, 4) is 10.9 Å². The van der Waals surface area contributed by atoms with E-state index in [1.165, 1.54) is 16.9 Å². The van der Waals surface area contributed by atoms with Gasteiger partial charge >= 0.3 is 0 Å². The molecule has 5 rings (SSSR count). The van der Waals surface area contributed by atoms with Crippen molar-refractivity contribution in [1.82, 2.24) is 14.8 Å². The van der Waals surface area contributed by atoms with Crippen molar-refractivity contribution >= 4 is 38.8 Å². The largest absolute Gasteiger partial charge is 0.431 e. The summed E-state index contributed by atoms with van der Waals surface area (Å²) in [4.78, 5) is 22.0. The molecule has 3 heterocycles. The molecule has 1 fully saturated rings. The number of rotatable bonds is 5. The Balaban J connectivity index is 1.19. The van der Waals surface area contributed by atoms with Crippen LogP contribution in [0.5, 0.6) is 10.9 Å². The van der Waals surface area contributed by atoms with Gasteiger partial charge in [0.2, 0.25) is 0 Å². The topological polar surface area (TPSA) is 45.7 Å². The number of amides is 1. The Labute approximate surface area is 188 Å². The number of para-hydroxylation sites is 1. The Morgan fingerprint density at radius 3 is 2.65 bits per heavy atom. The van der Waals surface area contributed by atoms with Crippen molar-refractivity contribution in [3.05, 3.63) is 88.8 Å². The summed E-state index contributed by atoms with van der Waals surface area (Å²) >= 11 is 3.02. The fraction of sp³-hybridized carbons (Fsp3) is 0.167. The first-order chi connectivity index (χ1) is 15.2. The Kier molecular flexibility index (Phi) is 5.44. The quantitative estimate of drug-likeness (QED) is 0.398. The monoisotopic (exact) mass is 447 g/mol. The molecule has 4 aromatic rings. The highest BCUT2D eigenvalue weighted by molar-refractivity contribution is 7.20. The van der Waals surface area contributed by atoms with Gasteiger partial charge in [-0.3, -0.25) is 4.79 Å². The first-order valence-electron chi connectivity index (χ1n) is 10.0. The zero-order chi connectivity index (χ0) is 21.2. The predicted molar refractivity (Wildman–Crippen MR) is 126 cm³/mol. The van der Waals surface area contributed by atoms with E-state index in [9.17, 15) is 4.79 Å². The smallest absolute Gasteiger partial charge is 0.279 e. The lowest BCUT2D eigenvalue weighted by Crippen LogP contribution is -2.46. The van der Waals surface area contributed by atoms with Crippen LogP contribution in [0.4, 0.5) is 0 Å². The molecule has 0 N–H and O–H groups in total. The summed E-state index contributed by atoms with van der Waals surface area (Å²) in [6, 6.07) is 19.9. The Bertz CT molecular complexity index is 1180. The van der Waals surface area contributed by atoms with Gasteiger partial charge in [-0.1, -0.05) is 48.2 Å². The predicted octanol–water partition coefficient (Wildman–Crippen LogP) is 5.62. The summed E-state index contributed by atoms with van der Waals surface area (Å²) in [6.45, 7) is 7.01. The van der Waals surface area contributed by atoms with Gasteiger partial charge in [-0.05, 0) is 41.3 Å². The molecule has 31 heavy (non-hydrogen) atoms. The summed E-state index contributed by atoms with van der Waals surface area (Å²) in [5.41, 5.74) is 3.09. The van der Waals surface area contributed by atoms with Crippen LogP contribution >= 0.6 is 22.7 Å². The molecule has 0 bridgehead atoms. The molecule has 0 atom stereocenters.